The van der Waals surface area contributed by atoms with Gasteiger partial charge in [-0.05, 0) is 12.1 Å². The summed E-state index contributed by atoms with van der Waals surface area (Å²) in [5.41, 5.74) is -0.390. The van der Waals surface area contributed by atoms with Gasteiger partial charge in [0.05, 0.1) is 17.8 Å². The van der Waals surface area contributed by atoms with Crippen LogP contribution in [0.2, 0.25) is 5.02 Å². The number of ketones is 2. The third kappa shape index (κ3) is 2.09. The summed E-state index contributed by atoms with van der Waals surface area (Å²) >= 11 is 6.46. The van der Waals surface area contributed by atoms with Gasteiger partial charge in [-0.3, -0.25) is 14.7 Å². The van der Waals surface area contributed by atoms with Crippen LogP contribution < -0.4 is 9.47 Å². The fraction of sp³-hybridized carbons (Fsp3) is 0.235. The number of aromatic amines is 1. The second kappa shape index (κ2) is 5.35. The SMILES string of the molecule is COc1cc(-c2cc[nH]n2)c(Cl)c2c1C(=O)[C@@]1(CCC(=O)C=C1O)O2. The number of Topliss-reactive ketones (excluding diaryl/α,β-unsaturated/α-hetero) is 1. The normalized spacial score (nSPS) is 21.9. The van der Waals surface area contributed by atoms with E-state index in [1.807, 2.05) is 0 Å². The van der Waals surface area contributed by atoms with Crippen molar-refractivity contribution in [1.29, 1.82) is 0 Å². The van der Waals surface area contributed by atoms with Gasteiger partial charge in [-0.15, -0.1) is 0 Å². The molecule has 1 aliphatic heterocycles. The van der Waals surface area contributed by atoms with Crippen LogP contribution in [0, 0.1) is 0 Å². The van der Waals surface area contributed by atoms with E-state index in [9.17, 15) is 14.7 Å². The highest BCUT2D eigenvalue weighted by molar-refractivity contribution is 6.36. The molecule has 0 saturated heterocycles. The second-order valence-electron chi connectivity index (χ2n) is 5.86. The number of aliphatic hydroxyl groups is 1. The summed E-state index contributed by atoms with van der Waals surface area (Å²) in [6, 6.07) is 3.32. The van der Waals surface area contributed by atoms with Gasteiger partial charge in [0.15, 0.2) is 11.5 Å². The molecule has 2 heterocycles. The van der Waals surface area contributed by atoms with Crippen molar-refractivity contribution in [3.8, 4) is 22.8 Å². The average molecular weight is 361 g/mol. The number of methoxy groups -OCH3 is 1. The molecule has 1 atom stereocenters. The molecule has 7 nitrogen and oxygen atoms in total. The first-order valence-corrected chi connectivity index (χ1v) is 7.94. The van der Waals surface area contributed by atoms with Crippen LogP contribution in [0.25, 0.3) is 11.3 Å². The lowest BCUT2D eigenvalue weighted by molar-refractivity contribution is -0.116. The highest BCUT2D eigenvalue weighted by atomic mass is 35.5. The number of H-pyrrole nitrogens is 1. The maximum absolute atomic E-state index is 13.0. The number of halogens is 1. The zero-order chi connectivity index (χ0) is 17.8. The van der Waals surface area contributed by atoms with Crippen LogP contribution in [0.3, 0.4) is 0 Å². The Bertz CT molecular complexity index is 935. The summed E-state index contributed by atoms with van der Waals surface area (Å²) < 4.78 is 11.2. The van der Waals surface area contributed by atoms with E-state index >= 15 is 0 Å². The lowest BCUT2D eigenvalue weighted by atomic mass is 9.83. The van der Waals surface area contributed by atoms with E-state index in [1.54, 1.807) is 18.3 Å². The van der Waals surface area contributed by atoms with Crippen LogP contribution in [-0.4, -0.2) is 39.6 Å². The van der Waals surface area contributed by atoms with E-state index in [1.165, 1.54) is 7.11 Å². The highest BCUT2D eigenvalue weighted by Gasteiger charge is 2.55. The van der Waals surface area contributed by atoms with E-state index in [4.69, 9.17) is 21.1 Å². The van der Waals surface area contributed by atoms with Crippen molar-refractivity contribution in [3.05, 3.63) is 40.8 Å². The van der Waals surface area contributed by atoms with Crippen LogP contribution in [-0.2, 0) is 4.79 Å². The number of aromatic nitrogens is 2. The minimum atomic E-state index is -1.63. The van der Waals surface area contributed by atoms with Gasteiger partial charge in [0.25, 0.3) is 0 Å². The van der Waals surface area contributed by atoms with Gasteiger partial charge in [0.2, 0.25) is 11.4 Å². The van der Waals surface area contributed by atoms with Gasteiger partial charge in [-0.1, -0.05) is 11.6 Å². The van der Waals surface area contributed by atoms with Crippen molar-refractivity contribution in [3.63, 3.8) is 0 Å². The minimum Gasteiger partial charge on any atom is -0.507 e. The van der Waals surface area contributed by atoms with Gasteiger partial charge in [0.1, 0.15) is 17.1 Å². The standard InChI is InChI=1S/C17H13ClN2O5/c1-24-11-7-9(10-3-5-19-20-10)14(18)15-13(11)16(23)17(25-15)4-2-8(21)6-12(17)22/h3,5-7,22H,2,4H2,1H3,(H,19,20)/t17-/m0/s1. The molecule has 2 aromatic rings. The number of fused-ring (bicyclic) bond motifs is 1. The molecule has 25 heavy (non-hydrogen) atoms. The third-order valence-corrected chi connectivity index (χ3v) is 4.86. The molecule has 2 aliphatic rings. The lowest BCUT2D eigenvalue weighted by Gasteiger charge is -2.28. The Kier molecular flexibility index (Phi) is 3.36. The van der Waals surface area contributed by atoms with Gasteiger partial charge in [0, 0.05) is 30.7 Å². The van der Waals surface area contributed by atoms with E-state index in [0.29, 0.717) is 11.3 Å². The number of nitrogens with zero attached hydrogens (tertiary/aromatic N) is 1. The van der Waals surface area contributed by atoms with Crippen LogP contribution in [0.5, 0.6) is 11.5 Å². The molecule has 1 aromatic carbocycles. The molecule has 0 amide bonds. The van der Waals surface area contributed by atoms with Gasteiger partial charge < -0.3 is 14.6 Å². The molecule has 2 N–H and O–H groups in total. The van der Waals surface area contributed by atoms with Gasteiger partial charge >= 0.3 is 0 Å². The number of carbonyl (C=O) groups excluding carboxylic acids is 2. The van der Waals surface area contributed by atoms with Crippen LogP contribution in [0.4, 0.5) is 0 Å². The maximum Gasteiger partial charge on any atom is 0.228 e. The summed E-state index contributed by atoms with van der Waals surface area (Å²) in [4.78, 5) is 24.5. The molecular weight excluding hydrogens is 348 g/mol. The molecule has 1 spiro atoms. The van der Waals surface area contributed by atoms with Crippen molar-refractivity contribution in [2.24, 2.45) is 0 Å². The van der Waals surface area contributed by atoms with Crippen molar-refractivity contribution in [2.45, 2.75) is 18.4 Å². The molecule has 0 saturated carbocycles. The molecule has 1 aliphatic carbocycles. The van der Waals surface area contributed by atoms with Crippen molar-refractivity contribution >= 4 is 23.2 Å². The number of nitrogens with one attached hydrogen (secondary N) is 1. The predicted octanol–water partition coefficient (Wildman–Crippen LogP) is 2.86. The zero-order valence-electron chi connectivity index (χ0n) is 13.1. The Morgan fingerprint density at radius 2 is 2.24 bits per heavy atom. The molecule has 0 unspecified atom stereocenters. The number of ether oxygens (including phenoxy) is 2. The Morgan fingerprint density at radius 3 is 2.88 bits per heavy atom. The lowest BCUT2D eigenvalue weighted by Crippen LogP contribution is -2.45. The summed E-state index contributed by atoms with van der Waals surface area (Å²) in [6.45, 7) is 0. The van der Waals surface area contributed by atoms with Crippen LogP contribution in [0.15, 0.2) is 30.2 Å². The first-order valence-electron chi connectivity index (χ1n) is 7.56. The summed E-state index contributed by atoms with van der Waals surface area (Å²) in [7, 11) is 1.43. The van der Waals surface area contributed by atoms with E-state index < -0.39 is 17.1 Å². The molecule has 8 heteroatoms. The molecule has 1 aromatic heterocycles. The smallest absolute Gasteiger partial charge is 0.228 e. The first kappa shape index (κ1) is 15.7. The Labute approximate surface area is 147 Å². The number of hydrogen-bond donors (Lipinski definition) is 2. The van der Waals surface area contributed by atoms with Crippen molar-refractivity contribution < 1.29 is 24.2 Å². The average Bonchev–Trinajstić information content (AvgIpc) is 3.21. The second-order valence-corrected chi connectivity index (χ2v) is 6.24. The summed E-state index contributed by atoms with van der Waals surface area (Å²) in [5.74, 6) is -0.756. The summed E-state index contributed by atoms with van der Waals surface area (Å²) in [5, 5.41) is 17.2. The van der Waals surface area contributed by atoms with Crippen molar-refractivity contribution in [1.82, 2.24) is 10.2 Å². The molecule has 128 valence electrons. The Hall–Kier alpha value is -2.80. The topological polar surface area (TPSA) is 102 Å². The number of hydrogen-bond acceptors (Lipinski definition) is 6. The molecule has 4 rings (SSSR count). The zero-order valence-corrected chi connectivity index (χ0v) is 13.9. The van der Waals surface area contributed by atoms with E-state index in [-0.39, 0.29) is 40.7 Å². The maximum atomic E-state index is 13.0. The fourth-order valence-corrected chi connectivity index (χ4v) is 3.49. The Morgan fingerprint density at radius 1 is 1.44 bits per heavy atom. The number of rotatable bonds is 2. The minimum absolute atomic E-state index is 0.0406. The first-order chi connectivity index (χ1) is 12.0. The van der Waals surface area contributed by atoms with E-state index in [0.717, 1.165) is 6.08 Å². The summed E-state index contributed by atoms with van der Waals surface area (Å²) in [6.07, 6.45) is 2.80. The van der Waals surface area contributed by atoms with Crippen LogP contribution in [0.1, 0.15) is 23.2 Å². The number of benzene rings is 1. The Balaban J connectivity index is 1.93. The fourth-order valence-electron chi connectivity index (χ4n) is 3.20. The number of aliphatic hydroxyl groups excluding tert-OH is 1. The number of allylic oxidation sites excluding steroid dienone is 1. The predicted molar refractivity (Wildman–Crippen MR) is 88.2 cm³/mol. The largest absolute Gasteiger partial charge is 0.507 e. The number of carbonyl (C=O) groups is 2. The molecule has 0 bridgehead atoms. The quantitative estimate of drug-likeness (QED) is 0.853. The van der Waals surface area contributed by atoms with Crippen LogP contribution >= 0.6 is 11.6 Å². The van der Waals surface area contributed by atoms with Gasteiger partial charge in [-0.25, -0.2) is 0 Å². The monoisotopic (exact) mass is 360 g/mol. The van der Waals surface area contributed by atoms with E-state index in [2.05, 4.69) is 10.2 Å². The highest BCUT2D eigenvalue weighted by Crippen LogP contribution is 2.52. The third-order valence-electron chi connectivity index (χ3n) is 4.49. The van der Waals surface area contributed by atoms with Gasteiger partial charge in [-0.2, -0.15) is 5.10 Å². The molecular formula is C17H13ClN2O5. The van der Waals surface area contributed by atoms with Crippen molar-refractivity contribution in [2.75, 3.05) is 7.11 Å². The molecule has 0 radical (unpaired) electrons. The molecule has 0 fully saturated rings.